The van der Waals surface area contributed by atoms with Crippen LogP contribution in [0.3, 0.4) is 0 Å². The largest absolute Gasteiger partial charge is 0.497 e. The van der Waals surface area contributed by atoms with Crippen LogP contribution in [0.5, 0.6) is 5.75 Å². The Morgan fingerprint density at radius 1 is 1.16 bits per heavy atom. The summed E-state index contributed by atoms with van der Waals surface area (Å²) in [5, 5.41) is 2.81. The highest BCUT2D eigenvalue weighted by Crippen LogP contribution is 2.14. The predicted octanol–water partition coefficient (Wildman–Crippen LogP) is 3.11. The van der Waals surface area contributed by atoms with Gasteiger partial charge in [-0.2, -0.15) is 0 Å². The van der Waals surface area contributed by atoms with Gasteiger partial charge in [0.05, 0.1) is 13.7 Å². The van der Waals surface area contributed by atoms with Gasteiger partial charge in [-0.25, -0.2) is 0 Å². The molecule has 0 heterocycles. The van der Waals surface area contributed by atoms with Crippen LogP contribution in [-0.2, 0) is 9.59 Å². The first-order chi connectivity index (χ1) is 12.0. The summed E-state index contributed by atoms with van der Waals surface area (Å²) < 4.78 is 5.15. The van der Waals surface area contributed by atoms with Crippen LogP contribution in [0.4, 0.5) is 5.69 Å². The Bertz CT molecular complexity index is 784. The van der Waals surface area contributed by atoms with E-state index >= 15 is 0 Å². The molecule has 0 saturated carbocycles. The molecule has 0 atom stereocenters. The first-order valence-electron chi connectivity index (χ1n) is 7.92. The van der Waals surface area contributed by atoms with Crippen LogP contribution < -0.4 is 10.1 Å². The average Bonchev–Trinajstić information content (AvgIpc) is 2.61. The van der Waals surface area contributed by atoms with E-state index in [-0.39, 0.29) is 18.4 Å². The minimum Gasteiger partial charge on any atom is -0.497 e. The molecule has 0 bridgehead atoms. The number of nitrogens with one attached hydrogen (secondary N) is 1. The van der Waals surface area contributed by atoms with E-state index in [0.717, 1.165) is 22.6 Å². The second-order valence-corrected chi connectivity index (χ2v) is 5.67. The molecule has 0 spiro atoms. The molecule has 0 aromatic heterocycles. The molecular weight excluding hydrogens is 316 g/mol. The molecule has 0 aliphatic heterocycles. The molecular formula is C20H22N2O3. The number of likely N-dealkylation sites (N-methyl/N-ethyl adjacent to an activating group) is 1. The van der Waals surface area contributed by atoms with Crippen molar-refractivity contribution in [3.63, 3.8) is 0 Å². The molecule has 2 amide bonds. The van der Waals surface area contributed by atoms with Gasteiger partial charge >= 0.3 is 0 Å². The van der Waals surface area contributed by atoms with Gasteiger partial charge in [-0.05, 0) is 42.3 Å². The molecule has 25 heavy (non-hydrogen) atoms. The monoisotopic (exact) mass is 338 g/mol. The van der Waals surface area contributed by atoms with Crippen molar-refractivity contribution >= 4 is 23.6 Å². The van der Waals surface area contributed by atoms with Crippen molar-refractivity contribution < 1.29 is 14.3 Å². The van der Waals surface area contributed by atoms with E-state index in [1.807, 2.05) is 55.5 Å². The van der Waals surface area contributed by atoms with Crippen molar-refractivity contribution in [3.8, 4) is 5.75 Å². The molecule has 130 valence electrons. The molecule has 0 aliphatic rings. The van der Waals surface area contributed by atoms with Gasteiger partial charge in [-0.15, -0.1) is 0 Å². The maximum absolute atomic E-state index is 12.2. The predicted molar refractivity (Wildman–Crippen MR) is 99.5 cm³/mol. The van der Waals surface area contributed by atoms with E-state index in [9.17, 15) is 9.59 Å². The Morgan fingerprint density at radius 2 is 1.92 bits per heavy atom. The Kier molecular flexibility index (Phi) is 6.34. The first-order valence-corrected chi connectivity index (χ1v) is 7.92. The van der Waals surface area contributed by atoms with Crippen molar-refractivity contribution in [1.82, 2.24) is 4.90 Å². The van der Waals surface area contributed by atoms with E-state index in [0.29, 0.717) is 0 Å². The minimum atomic E-state index is -0.247. The molecule has 2 rings (SSSR count). The van der Waals surface area contributed by atoms with Gasteiger partial charge < -0.3 is 15.0 Å². The zero-order chi connectivity index (χ0) is 18.2. The number of methoxy groups -OCH3 is 1. The first kappa shape index (κ1) is 18.3. The summed E-state index contributed by atoms with van der Waals surface area (Å²) >= 11 is 0. The van der Waals surface area contributed by atoms with Crippen molar-refractivity contribution in [2.45, 2.75) is 6.92 Å². The van der Waals surface area contributed by atoms with Gasteiger partial charge in [-0.1, -0.05) is 30.3 Å². The van der Waals surface area contributed by atoms with E-state index in [4.69, 9.17) is 4.74 Å². The number of nitrogens with zero attached hydrogens (tertiary/aromatic N) is 1. The molecule has 1 N–H and O–H groups in total. The third kappa shape index (κ3) is 5.49. The summed E-state index contributed by atoms with van der Waals surface area (Å²) in [5.74, 6) is 0.239. The highest BCUT2D eigenvalue weighted by molar-refractivity contribution is 5.98. The Balaban J connectivity index is 1.92. The lowest BCUT2D eigenvalue weighted by molar-refractivity contribution is -0.129. The van der Waals surface area contributed by atoms with Crippen molar-refractivity contribution in [1.29, 1.82) is 0 Å². The number of para-hydroxylation sites is 1. The standard InChI is InChI=1S/C20H22N2O3/c1-15-7-4-5-10-18(15)21-19(23)14-22(2)20(24)12-11-16-8-6-9-17(13-16)25-3/h4-13H,14H2,1-3H3,(H,21,23)/b12-11+. The van der Waals surface area contributed by atoms with Crippen LogP contribution in [0.25, 0.3) is 6.08 Å². The van der Waals surface area contributed by atoms with Gasteiger partial charge in [-0.3, -0.25) is 9.59 Å². The number of amides is 2. The number of aryl methyl sites for hydroxylation is 1. The average molecular weight is 338 g/mol. The zero-order valence-corrected chi connectivity index (χ0v) is 14.7. The molecule has 2 aromatic carbocycles. The molecule has 5 heteroatoms. The fourth-order valence-corrected chi connectivity index (χ4v) is 2.24. The number of hydrogen-bond acceptors (Lipinski definition) is 3. The highest BCUT2D eigenvalue weighted by Gasteiger charge is 2.11. The topological polar surface area (TPSA) is 58.6 Å². The van der Waals surface area contributed by atoms with Crippen molar-refractivity contribution in [3.05, 3.63) is 65.7 Å². The van der Waals surface area contributed by atoms with Gasteiger partial charge in [0.15, 0.2) is 0 Å². The number of carbonyl (C=O) groups is 2. The van der Waals surface area contributed by atoms with E-state index in [1.165, 1.54) is 11.0 Å². The SMILES string of the molecule is COc1cccc(/C=C/C(=O)N(C)CC(=O)Nc2ccccc2C)c1. The lowest BCUT2D eigenvalue weighted by atomic mass is 10.2. The smallest absolute Gasteiger partial charge is 0.246 e. The minimum absolute atomic E-state index is 0.0182. The normalized spacial score (nSPS) is 10.5. The second kappa shape index (κ2) is 8.68. The van der Waals surface area contributed by atoms with Crippen LogP contribution in [-0.4, -0.2) is 37.4 Å². The number of ether oxygens (including phenoxy) is 1. The van der Waals surface area contributed by atoms with Crippen molar-refractivity contribution in [2.24, 2.45) is 0 Å². The molecule has 0 radical (unpaired) electrons. The van der Waals surface area contributed by atoms with Crippen LogP contribution in [0.15, 0.2) is 54.6 Å². The molecule has 0 unspecified atom stereocenters. The summed E-state index contributed by atoms with van der Waals surface area (Å²) in [6.45, 7) is 1.90. The van der Waals surface area contributed by atoms with Crippen LogP contribution in [0.1, 0.15) is 11.1 Å². The van der Waals surface area contributed by atoms with Gasteiger partial charge in [0.25, 0.3) is 0 Å². The third-order valence-electron chi connectivity index (χ3n) is 3.69. The third-order valence-corrected chi connectivity index (χ3v) is 3.69. The van der Waals surface area contributed by atoms with Crippen LogP contribution in [0.2, 0.25) is 0 Å². The maximum Gasteiger partial charge on any atom is 0.246 e. The Morgan fingerprint density at radius 3 is 2.64 bits per heavy atom. The van der Waals surface area contributed by atoms with Gasteiger partial charge in [0.1, 0.15) is 5.75 Å². The summed E-state index contributed by atoms with van der Waals surface area (Å²) in [7, 11) is 3.19. The molecule has 0 fully saturated rings. The van der Waals surface area contributed by atoms with Crippen LogP contribution >= 0.6 is 0 Å². The fraction of sp³-hybridized carbons (Fsp3) is 0.200. The lowest BCUT2D eigenvalue weighted by Gasteiger charge is -2.15. The summed E-state index contributed by atoms with van der Waals surface area (Å²) in [6.07, 6.45) is 3.14. The maximum atomic E-state index is 12.2. The molecule has 5 nitrogen and oxygen atoms in total. The van der Waals surface area contributed by atoms with E-state index in [2.05, 4.69) is 5.32 Å². The summed E-state index contributed by atoms with van der Waals surface area (Å²) in [4.78, 5) is 25.6. The zero-order valence-electron chi connectivity index (χ0n) is 14.7. The number of hydrogen-bond donors (Lipinski definition) is 1. The molecule has 0 saturated heterocycles. The number of anilines is 1. The second-order valence-electron chi connectivity index (χ2n) is 5.67. The van der Waals surface area contributed by atoms with E-state index < -0.39 is 0 Å². The molecule has 0 aliphatic carbocycles. The number of benzene rings is 2. The van der Waals surface area contributed by atoms with Gasteiger partial charge in [0.2, 0.25) is 11.8 Å². The summed E-state index contributed by atoms with van der Waals surface area (Å²) in [6, 6.07) is 14.9. The number of carbonyl (C=O) groups excluding carboxylic acids is 2. The number of rotatable bonds is 6. The van der Waals surface area contributed by atoms with E-state index in [1.54, 1.807) is 20.2 Å². The summed E-state index contributed by atoms with van der Waals surface area (Å²) in [5.41, 5.74) is 2.58. The fourth-order valence-electron chi connectivity index (χ4n) is 2.24. The van der Waals surface area contributed by atoms with Crippen molar-refractivity contribution in [2.75, 3.05) is 26.0 Å². The van der Waals surface area contributed by atoms with Gasteiger partial charge in [0, 0.05) is 18.8 Å². The quantitative estimate of drug-likeness (QED) is 0.823. The van der Waals surface area contributed by atoms with Crippen LogP contribution in [0, 0.1) is 6.92 Å². The Hall–Kier alpha value is -3.08. The lowest BCUT2D eigenvalue weighted by Crippen LogP contribution is -2.34. The Labute approximate surface area is 147 Å². The highest BCUT2D eigenvalue weighted by atomic mass is 16.5. The molecule has 2 aromatic rings.